The van der Waals surface area contributed by atoms with Crippen molar-refractivity contribution in [3.8, 4) is 0 Å². The van der Waals surface area contributed by atoms with Gasteiger partial charge in [-0.05, 0) is 19.7 Å². The van der Waals surface area contributed by atoms with Gasteiger partial charge in [0.15, 0.2) is 0 Å². The van der Waals surface area contributed by atoms with Crippen molar-refractivity contribution in [1.82, 2.24) is 0 Å². The molecule has 0 rings (SSSR count). The number of hydrogen-bond donors (Lipinski definition) is 2. The summed E-state index contributed by atoms with van der Waals surface area (Å²) in [6, 6.07) is 0. The SMILES string of the molecule is SSSS.[NaH].[V]. The third-order valence-electron chi connectivity index (χ3n) is 0.0333. The summed E-state index contributed by atoms with van der Waals surface area (Å²) in [5.74, 6) is 0. The van der Waals surface area contributed by atoms with Crippen molar-refractivity contribution in [3.63, 3.8) is 0 Å². The predicted octanol–water partition coefficient (Wildman–Crippen LogP) is 1.41. The van der Waals surface area contributed by atoms with E-state index in [2.05, 4.69) is 23.3 Å². The molecule has 0 heterocycles. The van der Waals surface area contributed by atoms with Crippen molar-refractivity contribution in [1.29, 1.82) is 0 Å². The zero-order chi connectivity index (χ0) is 3.41. The molecule has 0 N–H and O–H groups in total. The number of rotatable bonds is 1. The quantitative estimate of drug-likeness (QED) is 0.377. The van der Waals surface area contributed by atoms with Crippen molar-refractivity contribution < 1.29 is 18.6 Å². The smallest absolute Gasteiger partial charge is 0 e. The van der Waals surface area contributed by atoms with E-state index in [1.165, 1.54) is 19.7 Å². The van der Waals surface area contributed by atoms with Crippen molar-refractivity contribution in [3.05, 3.63) is 0 Å². The van der Waals surface area contributed by atoms with Gasteiger partial charge in [0.25, 0.3) is 0 Å². The summed E-state index contributed by atoms with van der Waals surface area (Å²) >= 11 is 7.45. The van der Waals surface area contributed by atoms with Gasteiger partial charge in [-0.2, -0.15) is 0 Å². The molecule has 0 nitrogen and oxygen atoms in total. The molecule has 1 radical (unpaired) electrons. The van der Waals surface area contributed by atoms with E-state index in [-0.39, 0.29) is 48.1 Å². The molecule has 0 saturated heterocycles. The van der Waals surface area contributed by atoms with Crippen LogP contribution in [0.3, 0.4) is 0 Å². The van der Waals surface area contributed by atoms with Crippen LogP contribution in [0, 0.1) is 0 Å². The Morgan fingerprint density at radius 3 is 1.17 bits per heavy atom. The Balaban J connectivity index is -0.0000000450. The van der Waals surface area contributed by atoms with Crippen LogP contribution >= 0.6 is 43.0 Å². The van der Waals surface area contributed by atoms with E-state index in [1.54, 1.807) is 0 Å². The Morgan fingerprint density at radius 1 is 1.00 bits per heavy atom. The second-order valence-corrected chi connectivity index (χ2v) is 4.02. The average molecular weight is 205 g/mol. The van der Waals surface area contributed by atoms with Crippen LogP contribution in [0.2, 0.25) is 0 Å². The normalized spacial score (nSPS) is 5.00. The number of thiol groups is 2. The van der Waals surface area contributed by atoms with Gasteiger partial charge >= 0.3 is 29.6 Å². The van der Waals surface area contributed by atoms with Gasteiger partial charge in [-0.15, -0.1) is 0 Å². The van der Waals surface area contributed by atoms with E-state index in [0.29, 0.717) is 0 Å². The van der Waals surface area contributed by atoms with Gasteiger partial charge in [0.2, 0.25) is 0 Å². The standard InChI is InChI=1S/Na.H2S4.V.H/c;1-3-4-2;;/h;1-2H;;. The fraction of sp³-hybridized carbons (Fsp3) is 0. The van der Waals surface area contributed by atoms with Crippen LogP contribution in [-0.2, 0) is 18.6 Å². The molecular weight excluding hydrogens is 202 g/mol. The molecule has 0 unspecified atom stereocenters. The molecule has 0 fully saturated rings. The second kappa shape index (κ2) is 15.7. The molecule has 0 saturated carbocycles. The van der Waals surface area contributed by atoms with Gasteiger partial charge in [-0.3, -0.25) is 0 Å². The first-order valence-electron chi connectivity index (χ1n) is 0.532. The van der Waals surface area contributed by atoms with E-state index in [0.717, 1.165) is 0 Å². The van der Waals surface area contributed by atoms with Gasteiger partial charge in [-0.1, -0.05) is 23.3 Å². The molecule has 6 heavy (non-hydrogen) atoms. The molecule has 0 atom stereocenters. The van der Waals surface area contributed by atoms with Crippen molar-refractivity contribution >= 4 is 72.5 Å². The van der Waals surface area contributed by atoms with Crippen LogP contribution in [0.15, 0.2) is 0 Å². The third-order valence-corrected chi connectivity index (χ3v) is 2.70. The van der Waals surface area contributed by atoms with Gasteiger partial charge in [0.1, 0.15) is 0 Å². The van der Waals surface area contributed by atoms with Crippen LogP contribution in [-0.4, -0.2) is 29.6 Å². The summed E-state index contributed by atoms with van der Waals surface area (Å²) in [7, 11) is 2.66. The molecule has 0 aliphatic rings. The topological polar surface area (TPSA) is 0 Å². The summed E-state index contributed by atoms with van der Waals surface area (Å²) in [4.78, 5) is 0. The van der Waals surface area contributed by atoms with Crippen LogP contribution in [0.1, 0.15) is 0 Å². The zero-order valence-electron chi connectivity index (χ0n) is 2.16. The molecule has 0 aromatic heterocycles. The fourth-order valence-corrected chi connectivity index (χ4v) is 0. The van der Waals surface area contributed by atoms with E-state index in [1.807, 2.05) is 0 Å². The van der Waals surface area contributed by atoms with Crippen molar-refractivity contribution in [2.24, 2.45) is 0 Å². The molecule has 0 amide bonds. The molecule has 0 aromatic carbocycles. The summed E-state index contributed by atoms with van der Waals surface area (Å²) in [6.45, 7) is 0. The average Bonchev–Trinajstić information content (AvgIpc) is 1.37. The summed E-state index contributed by atoms with van der Waals surface area (Å²) < 4.78 is 0. The molecule has 0 aliphatic heterocycles. The molecule has 0 spiro atoms. The summed E-state index contributed by atoms with van der Waals surface area (Å²) in [6.07, 6.45) is 0. The number of hydrogen-bond acceptors (Lipinski definition) is 4. The van der Waals surface area contributed by atoms with Gasteiger partial charge in [0.05, 0.1) is 0 Å². The van der Waals surface area contributed by atoms with E-state index in [4.69, 9.17) is 0 Å². The van der Waals surface area contributed by atoms with Crippen LogP contribution in [0.25, 0.3) is 0 Å². The molecule has 0 aliphatic carbocycles. The van der Waals surface area contributed by atoms with Crippen LogP contribution in [0.5, 0.6) is 0 Å². The first kappa shape index (κ1) is 16.0. The summed E-state index contributed by atoms with van der Waals surface area (Å²) in [5.41, 5.74) is 0. The van der Waals surface area contributed by atoms with Crippen molar-refractivity contribution in [2.45, 2.75) is 0 Å². The molecule has 0 bridgehead atoms. The minimum Gasteiger partial charge on any atom is 0 e. The Morgan fingerprint density at radius 2 is 1.17 bits per heavy atom. The minimum atomic E-state index is 0. The van der Waals surface area contributed by atoms with Gasteiger partial charge in [-0.25, -0.2) is 0 Å². The molecular formula is H3NaS4V. The van der Waals surface area contributed by atoms with Gasteiger partial charge in [0, 0.05) is 18.6 Å². The van der Waals surface area contributed by atoms with E-state index < -0.39 is 0 Å². The van der Waals surface area contributed by atoms with Crippen molar-refractivity contribution in [2.75, 3.05) is 0 Å². The maximum absolute atomic E-state index is 3.72. The first-order chi connectivity index (χ1) is 1.91. The Hall–Kier alpha value is 2.98. The molecule has 6 heteroatoms. The van der Waals surface area contributed by atoms with Gasteiger partial charge < -0.3 is 0 Å². The van der Waals surface area contributed by atoms with E-state index >= 15 is 0 Å². The molecule has 0 aromatic rings. The maximum atomic E-state index is 3.72. The predicted molar refractivity (Wildman–Crippen MR) is 40.3 cm³/mol. The fourth-order valence-electron chi connectivity index (χ4n) is 0. The monoisotopic (exact) mass is 205 g/mol. The molecule has 33 valence electrons. The van der Waals surface area contributed by atoms with E-state index in [9.17, 15) is 0 Å². The first-order valence-corrected chi connectivity index (χ1v) is 4.79. The maximum Gasteiger partial charge on any atom is 0 e. The second-order valence-electron chi connectivity index (χ2n) is 0.149. The Labute approximate surface area is 89.6 Å². The third kappa shape index (κ3) is 15.8. The Bertz CT molecular complexity index is 9.51. The van der Waals surface area contributed by atoms with Crippen LogP contribution in [0.4, 0.5) is 0 Å². The summed E-state index contributed by atoms with van der Waals surface area (Å²) in [5, 5.41) is 0. The zero-order valence-corrected chi connectivity index (χ0v) is 6.98. The minimum absolute atomic E-state index is 0. The largest absolute Gasteiger partial charge is 0 e. The Kier molecular flexibility index (Phi) is 41.8. The van der Waals surface area contributed by atoms with Crippen LogP contribution < -0.4 is 0 Å².